The minimum absolute atomic E-state index is 0.0887. The van der Waals surface area contributed by atoms with Gasteiger partial charge in [0.2, 0.25) is 15.2 Å². The molecule has 2 aromatic rings. The van der Waals surface area contributed by atoms with Crippen molar-refractivity contribution in [1.29, 1.82) is 0 Å². The molecule has 0 radical (unpaired) electrons. The highest BCUT2D eigenvalue weighted by molar-refractivity contribution is 7.99. The molecule has 0 aliphatic carbocycles. The zero-order valence-corrected chi connectivity index (χ0v) is 15.8. The summed E-state index contributed by atoms with van der Waals surface area (Å²) in [5.41, 5.74) is -0.298. The SMILES string of the molecule is CN1CCN(S(=O)(=O)c2ccc(Sc3nnnn3C)c([N+](=O)[O-])c2)CC1. The van der Waals surface area contributed by atoms with Gasteiger partial charge in [0.15, 0.2) is 0 Å². The lowest BCUT2D eigenvalue weighted by Gasteiger charge is -2.31. The monoisotopic (exact) mass is 399 g/mol. The van der Waals surface area contributed by atoms with Gasteiger partial charge in [-0.3, -0.25) is 10.1 Å². The lowest BCUT2D eigenvalue weighted by molar-refractivity contribution is -0.388. The second kappa shape index (κ2) is 7.26. The van der Waals surface area contributed by atoms with Crippen LogP contribution >= 0.6 is 11.8 Å². The van der Waals surface area contributed by atoms with Crippen LogP contribution in [0.5, 0.6) is 0 Å². The summed E-state index contributed by atoms with van der Waals surface area (Å²) in [7, 11) is -0.251. The molecule has 0 unspecified atom stereocenters. The highest BCUT2D eigenvalue weighted by atomic mass is 32.2. The van der Waals surface area contributed by atoms with Crippen molar-refractivity contribution < 1.29 is 13.3 Å². The number of sulfonamides is 1. The Labute approximate surface area is 154 Å². The van der Waals surface area contributed by atoms with Gasteiger partial charge in [-0.25, -0.2) is 13.1 Å². The summed E-state index contributed by atoms with van der Waals surface area (Å²) in [4.78, 5) is 13.1. The summed E-state index contributed by atoms with van der Waals surface area (Å²) in [5, 5.41) is 22.7. The fourth-order valence-electron chi connectivity index (χ4n) is 2.47. The van der Waals surface area contributed by atoms with Gasteiger partial charge in [-0.2, -0.15) is 4.31 Å². The van der Waals surface area contributed by atoms with Crippen molar-refractivity contribution in [2.45, 2.75) is 14.9 Å². The minimum Gasteiger partial charge on any atom is -0.304 e. The second-order valence-corrected chi connectivity index (χ2v) is 8.73. The van der Waals surface area contributed by atoms with Crippen molar-refractivity contribution in [2.75, 3.05) is 33.2 Å². The number of aromatic nitrogens is 4. The quantitative estimate of drug-likeness (QED) is 0.512. The first kappa shape index (κ1) is 18.7. The standard InChI is InChI=1S/C13H17N7O4S2/c1-17-5-7-19(8-6-17)26(23,24)10-3-4-12(11(9-10)20(21)22)25-13-14-15-16-18(13)2/h3-4,9H,5-8H2,1-2H3. The summed E-state index contributed by atoms with van der Waals surface area (Å²) in [6.07, 6.45) is 0. The maximum Gasteiger partial charge on any atom is 0.284 e. The summed E-state index contributed by atoms with van der Waals surface area (Å²) in [6.45, 7) is 1.95. The maximum absolute atomic E-state index is 12.8. The molecule has 2 heterocycles. The van der Waals surface area contributed by atoms with E-state index in [0.717, 1.165) is 17.8 Å². The molecule has 1 aromatic heterocycles. The van der Waals surface area contributed by atoms with E-state index in [0.29, 0.717) is 31.3 Å². The molecule has 0 spiro atoms. The molecular weight excluding hydrogens is 382 g/mol. The van der Waals surface area contributed by atoms with E-state index < -0.39 is 14.9 Å². The first-order valence-corrected chi connectivity index (χ1v) is 9.92. The third kappa shape index (κ3) is 3.70. The Morgan fingerprint density at radius 3 is 2.46 bits per heavy atom. The fraction of sp³-hybridized carbons (Fsp3) is 0.462. The van der Waals surface area contributed by atoms with Crippen molar-refractivity contribution in [2.24, 2.45) is 7.05 Å². The van der Waals surface area contributed by atoms with E-state index in [2.05, 4.69) is 15.5 Å². The van der Waals surface area contributed by atoms with Gasteiger partial charge in [0.1, 0.15) is 0 Å². The zero-order valence-electron chi connectivity index (χ0n) is 14.1. The average Bonchev–Trinajstić information content (AvgIpc) is 3.00. The van der Waals surface area contributed by atoms with Crippen LogP contribution in [0.2, 0.25) is 0 Å². The van der Waals surface area contributed by atoms with Gasteiger partial charge < -0.3 is 4.90 Å². The van der Waals surface area contributed by atoms with Crippen LogP contribution in [-0.4, -0.2) is 76.0 Å². The number of benzene rings is 1. The molecule has 13 heteroatoms. The topological polar surface area (TPSA) is 127 Å². The van der Waals surface area contributed by atoms with Crippen LogP contribution in [0.4, 0.5) is 5.69 Å². The zero-order chi connectivity index (χ0) is 18.9. The van der Waals surface area contributed by atoms with E-state index in [-0.39, 0.29) is 15.5 Å². The molecular formula is C13H17N7O4S2. The van der Waals surface area contributed by atoms with Crippen molar-refractivity contribution in [1.82, 2.24) is 29.4 Å². The Kier molecular flexibility index (Phi) is 5.22. The highest BCUT2D eigenvalue weighted by Crippen LogP contribution is 2.35. The van der Waals surface area contributed by atoms with Crippen LogP contribution in [0, 0.1) is 10.1 Å². The predicted molar refractivity (Wildman–Crippen MR) is 92.3 cm³/mol. The predicted octanol–water partition coefficient (Wildman–Crippen LogP) is 0.206. The third-order valence-electron chi connectivity index (χ3n) is 4.01. The van der Waals surface area contributed by atoms with Crippen LogP contribution < -0.4 is 0 Å². The summed E-state index contributed by atoms with van der Waals surface area (Å²) < 4.78 is 28.3. The average molecular weight is 399 g/mol. The Balaban J connectivity index is 1.93. The molecule has 140 valence electrons. The van der Waals surface area contributed by atoms with Crippen LogP contribution in [0.1, 0.15) is 0 Å². The molecule has 1 fully saturated rings. The van der Waals surface area contributed by atoms with Gasteiger partial charge >= 0.3 is 0 Å². The van der Waals surface area contributed by atoms with Crippen LogP contribution in [0.3, 0.4) is 0 Å². The Bertz CT molecular complexity index is 922. The van der Waals surface area contributed by atoms with E-state index in [1.54, 1.807) is 7.05 Å². The van der Waals surface area contributed by atoms with Gasteiger partial charge in [0, 0.05) is 39.3 Å². The minimum atomic E-state index is -3.78. The maximum atomic E-state index is 12.8. The van der Waals surface area contributed by atoms with Crippen molar-refractivity contribution in [3.05, 3.63) is 28.3 Å². The summed E-state index contributed by atoms with van der Waals surface area (Å²) >= 11 is 1.00. The van der Waals surface area contributed by atoms with Crippen molar-refractivity contribution >= 4 is 27.5 Å². The number of hydrogen-bond acceptors (Lipinski definition) is 9. The first-order valence-electron chi connectivity index (χ1n) is 7.66. The van der Waals surface area contributed by atoms with E-state index >= 15 is 0 Å². The number of tetrazole rings is 1. The first-order chi connectivity index (χ1) is 12.3. The molecule has 26 heavy (non-hydrogen) atoms. The second-order valence-electron chi connectivity index (χ2n) is 5.78. The Morgan fingerprint density at radius 1 is 1.19 bits per heavy atom. The Morgan fingerprint density at radius 2 is 1.88 bits per heavy atom. The molecule has 0 atom stereocenters. The molecule has 0 amide bonds. The normalized spacial score (nSPS) is 16.7. The number of nitro groups is 1. The summed E-state index contributed by atoms with van der Waals surface area (Å²) in [5.74, 6) is 0. The smallest absolute Gasteiger partial charge is 0.284 e. The van der Waals surface area contributed by atoms with Gasteiger partial charge in [-0.15, -0.1) is 5.10 Å². The number of nitrogens with zero attached hydrogens (tertiary/aromatic N) is 7. The number of piperazine rings is 1. The van der Waals surface area contributed by atoms with Crippen molar-refractivity contribution in [3.8, 4) is 0 Å². The lowest BCUT2D eigenvalue weighted by atomic mass is 10.3. The molecule has 1 aliphatic heterocycles. The number of aryl methyl sites for hydroxylation is 1. The lowest BCUT2D eigenvalue weighted by Crippen LogP contribution is -2.47. The number of likely N-dealkylation sites (N-methyl/N-ethyl adjacent to an activating group) is 1. The van der Waals surface area contributed by atoms with Gasteiger partial charge in [0.05, 0.1) is 14.7 Å². The molecule has 11 nitrogen and oxygen atoms in total. The number of rotatable bonds is 5. The number of hydrogen-bond donors (Lipinski definition) is 0. The van der Waals surface area contributed by atoms with E-state index in [1.807, 2.05) is 11.9 Å². The third-order valence-corrected chi connectivity index (χ3v) is 7.00. The van der Waals surface area contributed by atoms with E-state index in [4.69, 9.17) is 0 Å². The van der Waals surface area contributed by atoms with Gasteiger partial charge in [0.25, 0.3) is 5.69 Å². The molecule has 1 aliphatic rings. The van der Waals surface area contributed by atoms with Crippen LogP contribution in [0.15, 0.2) is 33.1 Å². The molecule has 0 saturated carbocycles. The fourth-order valence-corrected chi connectivity index (χ4v) is 4.73. The largest absolute Gasteiger partial charge is 0.304 e. The van der Waals surface area contributed by atoms with E-state index in [9.17, 15) is 18.5 Å². The highest BCUT2D eigenvalue weighted by Gasteiger charge is 2.30. The van der Waals surface area contributed by atoms with Gasteiger partial charge in [-0.05, 0) is 41.4 Å². The molecule has 0 N–H and O–H groups in total. The molecule has 1 aromatic carbocycles. The van der Waals surface area contributed by atoms with E-state index in [1.165, 1.54) is 21.1 Å². The van der Waals surface area contributed by atoms with Crippen LogP contribution in [-0.2, 0) is 17.1 Å². The molecule has 3 rings (SSSR count). The molecule has 0 bridgehead atoms. The molecule has 1 saturated heterocycles. The van der Waals surface area contributed by atoms with Crippen LogP contribution in [0.25, 0.3) is 0 Å². The number of nitro benzene ring substituents is 1. The van der Waals surface area contributed by atoms with Crippen molar-refractivity contribution in [3.63, 3.8) is 0 Å². The summed E-state index contributed by atoms with van der Waals surface area (Å²) in [6, 6.07) is 3.90. The van der Waals surface area contributed by atoms with Gasteiger partial charge in [-0.1, -0.05) is 0 Å². The Hall–Kier alpha value is -2.09.